The predicted molar refractivity (Wildman–Crippen MR) is 71.4 cm³/mol. The summed E-state index contributed by atoms with van der Waals surface area (Å²) in [4.78, 5) is 15.0. The summed E-state index contributed by atoms with van der Waals surface area (Å²) in [5.41, 5.74) is 1.55. The Bertz CT molecular complexity index is 597. The molecule has 1 aliphatic rings. The van der Waals surface area contributed by atoms with Crippen LogP contribution in [0.1, 0.15) is 12.6 Å². The number of imidazole rings is 1. The highest BCUT2D eigenvalue weighted by molar-refractivity contribution is 5.82. The molecule has 7 nitrogen and oxygen atoms in total. The summed E-state index contributed by atoms with van der Waals surface area (Å²) in [6.07, 6.45) is 7.77. The number of hydrogen-bond donors (Lipinski definition) is 1. The summed E-state index contributed by atoms with van der Waals surface area (Å²) in [6, 6.07) is 0. The molecule has 0 spiro atoms. The Kier molecular flexibility index (Phi) is 3.04. The van der Waals surface area contributed by atoms with Gasteiger partial charge in [0, 0.05) is 6.42 Å². The number of anilines is 1. The summed E-state index contributed by atoms with van der Waals surface area (Å²) in [7, 11) is 3.98. The maximum atomic E-state index is 5.50. The maximum absolute atomic E-state index is 5.50. The first-order chi connectivity index (χ1) is 9.25. The number of fused-ring (bicyclic) bond motifs is 1. The van der Waals surface area contributed by atoms with Gasteiger partial charge < -0.3 is 10.1 Å². The molecule has 0 fully saturated rings. The highest BCUT2D eigenvalue weighted by Crippen LogP contribution is 2.26. The molecule has 7 heteroatoms. The smallest absolute Gasteiger partial charge is 0.181 e. The molecular weight excluding hydrogens is 244 g/mol. The van der Waals surface area contributed by atoms with Crippen LogP contribution in [-0.2, 0) is 4.74 Å². The van der Waals surface area contributed by atoms with Crippen LogP contribution in [0.15, 0.2) is 25.0 Å². The molecule has 2 aromatic heterocycles. The third-order valence-corrected chi connectivity index (χ3v) is 2.90. The van der Waals surface area contributed by atoms with E-state index in [9.17, 15) is 0 Å². The Labute approximate surface area is 110 Å². The fourth-order valence-corrected chi connectivity index (χ4v) is 1.98. The van der Waals surface area contributed by atoms with Crippen molar-refractivity contribution in [2.45, 2.75) is 12.6 Å². The zero-order chi connectivity index (χ0) is 13.2. The van der Waals surface area contributed by atoms with Crippen LogP contribution in [0, 0.1) is 0 Å². The second-order valence-corrected chi connectivity index (χ2v) is 4.66. The predicted octanol–water partition coefficient (Wildman–Crippen LogP) is 1.19. The minimum Gasteiger partial charge on any atom is -0.478 e. The molecule has 19 heavy (non-hydrogen) atoms. The topological polar surface area (TPSA) is 68.1 Å². The maximum Gasteiger partial charge on any atom is 0.181 e. The Morgan fingerprint density at radius 3 is 3.05 bits per heavy atom. The lowest BCUT2D eigenvalue weighted by Gasteiger charge is -2.13. The number of aromatic nitrogens is 4. The number of nitrogens with one attached hydrogen (secondary N) is 1. The first-order valence-electron chi connectivity index (χ1n) is 6.12. The summed E-state index contributed by atoms with van der Waals surface area (Å²) in [5, 5.41) is 3.23. The Morgan fingerprint density at radius 1 is 1.42 bits per heavy atom. The summed E-state index contributed by atoms with van der Waals surface area (Å²) in [5.74, 6) is 0.739. The van der Waals surface area contributed by atoms with E-state index in [4.69, 9.17) is 4.74 Å². The molecule has 0 amide bonds. The minimum atomic E-state index is -0.0541. The van der Waals surface area contributed by atoms with Gasteiger partial charge in [0.25, 0.3) is 0 Å². The Hall–Kier alpha value is -2.15. The van der Waals surface area contributed by atoms with Gasteiger partial charge in [-0.05, 0) is 20.2 Å². The fourth-order valence-electron chi connectivity index (χ4n) is 1.98. The van der Waals surface area contributed by atoms with Crippen LogP contribution in [0.5, 0.6) is 0 Å². The van der Waals surface area contributed by atoms with Crippen molar-refractivity contribution < 1.29 is 4.74 Å². The van der Waals surface area contributed by atoms with E-state index in [0.29, 0.717) is 6.67 Å². The lowest BCUT2D eigenvalue weighted by Crippen LogP contribution is -2.21. The molecule has 0 aliphatic carbocycles. The highest BCUT2D eigenvalue weighted by atomic mass is 16.5. The van der Waals surface area contributed by atoms with Gasteiger partial charge in [-0.1, -0.05) is 0 Å². The zero-order valence-electron chi connectivity index (χ0n) is 10.9. The molecule has 0 saturated carbocycles. The fraction of sp³-hybridized carbons (Fsp3) is 0.417. The highest BCUT2D eigenvalue weighted by Gasteiger charge is 2.18. The minimum absolute atomic E-state index is 0.0541. The lowest BCUT2D eigenvalue weighted by atomic mass is 10.4. The van der Waals surface area contributed by atoms with E-state index in [1.165, 1.54) is 0 Å². The Balaban J connectivity index is 1.93. The molecule has 1 aliphatic heterocycles. The van der Waals surface area contributed by atoms with E-state index in [0.717, 1.165) is 23.4 Å². The van der Waals surface area contributed by atoms with E-state index in [1.807, 2.05) is 29.6 Å². The molecule has 100 valence electrons. The number of rotatable bonds is 4. The molecule has 0 saturated heterocycles. The SMILES string of the molecule is CN(C)CNc1ncnc2c1ncn2C1CC=CO1. The Morgan fingerprint density at radius 2 is 2.32 bits per heavy atom. The number of ether oxygens (including phenoxy) is 1. The largest absolute Gasteiger partial charge is 0.478 e. The van der Waals surface area contributed by atoms with E-state index < -0.39 is 0 Å². The lowest BCUT2D eigenvalue weighted by molar-refractivity contribution is 0.108. The van der Waals surface area contributed by atoms with Crippen molar-refractivity contribution in [1.29, 1.82) is 0 Å². The molecule has 0 bridgehead atoms. The monoisotopic (exact) mass is 260 g/mol. The van der Waals surface area contributed by atoms with Gasteiger partial charge in [0.05, 0.1) is 12.9 Å². The molecule has 0 aromatic carbocycles. The van der Waals surface area contributed by atoms with Crippen molar-refractivity contribution in [3.8, 4) is 0 Å². The normalized spacial score (nSPS) is 18.2. The first-order valence-corrected chi connectivity index (χ1v) is 6.12. The third-order valence-electron chi connectivity index (χ3n) is 2.90. The zero-order valence-corrected chi connectivity index (χ0v) is 10.9. The van der Waals surface area contributed by atoms with Gasteiger partial charge >= 0.3 is 0 Å². The average molecular weight is 260 g/mol. The van der Waals surface area contributed by atoms with Crippen LogP contribution in [-0.4, -0.2) is 45.2 Å². The van der Waals surface area contributed by atoms with Gasteiger partial charge in [0.1, 0.15) is 12.7 Å². The van der Waals surface area contributed by atoms with Crippen LogP contribution < -0.4 is 5.32 Å². The van der Waals surface area contributed by atoms with Crippen LogP contribution in [0.2, 0.25) is 0 Å². The second-order valence-electron chi connectivity index (χ2n) is 4.66. The van der Waals surface area contributed by atoms with Crippen molar-refractivity contribution in [2.75, 3.05) is 26.1 Å². The van der Waals surface area contributed by atoms with E-state index in [1.54, 1.807) is 18.9 Å². The van der Waals surface area contributed by atoms with Gasteiger partial charge in [-0.2, -0.15) is 0 Å². The van der Waals surface area contributed by atoms with Crippen molar-refractivity contribution in [3.63, 3.8) is 0 Å². The summed E-state index contributed by atoms with van der Waals surface area (Å²) in [6.45, 7) is 0.695. The van der Waals surface area contributed by atoms with Crippen molar-refractivity contribution >= 4 is 17.0 Å². The van der Waals surface area contributed by atoms with Crippen molar-refractivity contribution in [3.05, 3.63) is 25.0 Å². The third kappa shape index (κ3) is 2.24. The van der Waals surface area contributed by atoms with Gasteiger partial charge in [0.2, 0.25) is 0 Å². The standard InChI is InChI=1S/C12H16N6O/c1-17(2)7-16-11-10-12(14-6-13-11)18(8-15-10)9-4-3-5-19-9/h3,5-6,8-9H,4,7H2,1-2H3,(H,13,14,16). The van der Waals surface area contributed by atoms with E-state index in [2.05, 4.69) is 20.3 Å². The quantitative estimate of drug-likeness (QED) is 0.833. The van der Waals surface area contributed by atoms with E-state index >= 15 is 0 Å². The number of hydrogen-bond acceptors (Lipinski definition) is 6. The van der Waals surface area contributed by atoms with Crippen molar-refractivity contribution in [2.24, 2.45) is 0 Å². The van der Waals surface area contributed by atoms with Crippen LogP contribution in [0.25, 0.3) is 11.2 Å². The van der Waals surface area contributed by atoms with Gasteiger partial charge in [0.15, 0.2) is 23.2 Å². The second kappa shape index (κ2) is 4.85. The molecular formula is C12H16N6O. The summed E-state index contributed by atoms with van der Waals surface area (Å²) >= 11 is 0. The van der Waals surface area contributed by atoms with E-state index in [-0.39, 0.29) is 6.23 Å². The van der Waals surface area contributed by atoms with Gasteiger partial charge in [-0.25, -0.2) is 15.0 Å². The average Bonchev–Trinajstić information content (AvgIpc) is 3.04. The molecule has 1 N–H and O–H groups in total. The molecule has 1 atom stereocenters. The molecule has 2 aromatic rings. The molecule has 1 unspecified atom stereocenters. The first kappa shape index (κ1) is 11.9. The van der Waals surface area contributed by atoms with Gasteiger partial charge in [-0.15, -0.1) is 0 Å². The molecule has 0 radical (unpaired) electrons. The molecule has 3 rings (SSSR count). The number of nitrogens with zero attached hydrogens (tertiary/aromatic N) is 5. The van der Waals surface area contributed by atoms with Crippen LogP contribution >= 0.6 is 0 Å². The van der Waals surface area contributed by atoms with Crippen LogP contribution in [0.4, 0.5) is 5.82 Å². The molecule has 3 heterocycles. The van der Waals surface area contributed by atoms with Gasteiger partial charge in [-0.3, -0.25) is 9.47 Å². The van der Waals surface area contributed by atoms with Crippen LogP contribution in [0.3, 0.4) is 0 Å². The summed E-state index contributed by atoms with van der Waals surface area (Å²) < 4.78 is 7.43. The van der Waals surface area contributed by atoms with Crippen molar-refractivity contribution in [1.82, 2.24) is 24.4 Å².